The summed E-state index contributed by atoms with van der Waals surface area (Å²) in [6.45, 7) is 4.43. The third-order valence-electron chi connectivity index (χ3n) is 2.45. The lowest BCUT2D eigenvalue weighted by molar-refractivity contribution is 0.417. The zero-order valence-electron chi connectivity index (χ0n) is 9.77. The lowest BCUT2D eigenvalue weighted by Gasteiger charge is -2.07. The molecule has 0 atom stereocenters. The number of nitrogens with two attached hydrogens (primary N) is 1. The predicted octanol–water partition coefficient (Wildman–Crippen LogP) is 2.73. The van der Waals surface area contributed by atoms with Gasteiger partial charge >= 0.3 is 0 Å². The molecule has 0 aliphatic carbocycles. The highest BCUT2D eigenvalue weighted by Crippen LogP contribution is 2.29. The number of aromatic nitrogens is 2. The van der Waals surface area contributed by atoms with E-state index < -0.39 is 0 Å². The maximum absolute atomic E-state index is 12.8. The van der Waals surface area contributed by atoms with E-state index >= 15 is 0 Å². The molecule has 2 N–H and O–H groups in total. The molecule has 0 radical (unpaired) electrons. The Labute approximate surface area is 98.8 Å². The van der Waals surface area contributed by atoms with Gasteiger partial charge in [0.05, 0.1) is 5.69 Å². The van der Waals surface area contributed by atoms with Crippen LogP contribution in [0.5, 0.6) is 11.6 Å². The molecule has 0 saturated carbocycles. The molecule has 5 heteroatoms. The average Bonchev–Trinajstić information content (AvgIpc) is 2.59. The Balaban J connectivity index is 2.32. The second-order valence-electron chi connectivity index (χ2n) is 3.68. The Morgan fingerprint density at radius 3 is 2.59 bits per heavy atom. The molecule has 2 aromatic rings. The van der Waals surface area contributed by atoms with E-state index in [1.165, 1.54) is 12.1 Å². The fourth-order valence-electron chi connectivity index (χ4n) is 1.51. The van der Waals surface area contributed by atoms with Crippen LogP contribution in [0.3, 0.4) is 0 Å². The first-order valence-corrected chi connectivity index (χ1v) is 5.38. The van der Waals surface area contributed by atoms with Gasteiger partial charge in [-0.05, 0) is 38.1 Å². The van der Waals surface area contributed by atoms with E-state index in [2.05, 4.69) is 5.10 Å². The Morgan fingerprint density at radius 2 is 2.00 bits per heavy atom. The first-order valence-electron chi connectivity index (χ1n) is 5.38. The molecule has 17 heavy (non-hydrogen) atoms. The lowest BCUT2D eigenvalue weighted by Crippen LogP contribution is -2.00. The maximum Gasteiger partial charge on any atom is 0.241 e. The Bertz CT molecular complexity index is 519. The van der Waals surface area contributed by atoms with Crippen molar-refractivity contribution in [3.05, 3.63) is 35.8 Å². The van der Waals surface area contributed by atoms with E-state index in [9.17, 15) is 4.39 Å². The molecule has 4 nitrogen and oxygen atoms in total. The quantitative estimate of drug-likeness (QED) is 0.889. The average molecular weight is 235 g/mol. The second-order valence-corrected chi connectivity index (χ2v) is 3.68. The van der Waals surface area contributed by atoms with Gasteiger partial charge in [-0.1, -0.05) is 0 Å². The predicted molar refractivity (Wildman–Crippen MR) is 63.5 cm³/mol. The lowest BCUT2D eigenvalue weighted by atomic mass is 10.3. The number of anilines is 1. The van der Waals surface area contributed by atoms with Crippen molar-refractivity contribution in [1.29, 1.82) is 0 Å². The van der Waals surface area contributed by atoms with Crippen LogP contribution in [0.2, 0.25) is 0 Å². The summed E-state index contributed by atoms with van der Waals surface area (Å²) in [5, 5.41) is 4.23. The summed E-state index contributed by atoms with van der Waals surface area (Å²) in [7, 11) is 0. The van der Waals surface area contributed by atoms with E-state index in [4.69, 9.17) is 10.5 Å². The van der Waals surface area contributed by atoms with Crippen LogP contribution in [0.1, 0.15) is 12.6 Å². The fraction of sp³-hybridized carbons (Fsp3) is 0.250. The summed E-state index contributed by atoms with van der Waals surface area (Å²) in [5.74, 6) is 0.731. The molecule has 90 valence electrons. The van der Waals surface area contributed by atoms with E-state index in [0.717, 1.165) is 5.69 Å². The Hall–Kier alpha value is -2.04. The van der Waals surface area contributed by atoms with Crippen LogP contribution in [0.25, 0.3) is 0 Å². The van der Waals surface area contributed by atoms with Gasteiger partial charge in [0.1, 0.15) is 17.3 Å². The first-order chi connectivity index (χ1) is 8.11. The van der Waals surface area contributed by atoms with Gasteiger partial charge in [-0.2, -0.15) is 5.10 Å². The third kappa shape index (κ3) is 2.22. The van der Waals surface area contributed by atoms with Gasteiger partial charge in [-0.25, -0.2) is 9.07 Å². The van der Waals surface area contributed by atoms with E-state index in [1.807, 2.05) is 13.8 Å². The summed E-state index contributed by atoms with van der Waals surface area (Å²) in [6.07, 6.45) is 0. The molecule has 0 aliphatic heterocycles. The summed E-state index contributed by atoms with van der Waals surface area (Å²) in [5.41, 5.74) is 7.11. The number of nitrogen functional groups attached to an aromatic ring is 1. The SMILES string of the molecule is CCn1nc(C)c(N)c1Oc1ccc(F)cc1. The normalized spacial score (nSPS) is 10.5. The molecule has 0 aliphatic rings. The largest absolute Gasteiger partial charge is 0.437 e. The summed E-state index contributed by atoms with van der Waals surface area (Å²) in [6, 6.07) is 5.78. The van der Waals surface area contributed by atoms with Gasteiger partial charge in [0.2, 0.25) is 5.88 Å². The van der Waals surface area contributed by atoms with Crippen LogP contribution < -0.4 is 10.5 Å². The molecule has 0 unspecified atom stereocenters. The van der Waals surface area contributed by atoms with E-state index in [0.29, 0.717) is 23.9 Å². The minimum atomic E-state index is -0.300. The number of aryl methyl sites for hydroxylation is 2. The molecule has 0 amide bonds. The standard InChI is InChI=1S/C12H14FN3O/c1-3-16-12(11(14)8(2)15-16)17-10-6-4-9(13)5-7-10/h4-7H,3,14H2,1-2H3. The van der Waals surface area contributed by atoms with Crippen molar-refractivity contribution in [3.8, 4) is 11.6 Å². The van der Waals surface area contributed by atoms with Crippen molar-refractivity contribution in [1.82, 2.24) is 9.78 Å². The van der Waals surface area contributed by atoms with Crippen molar-refractivity contribution in [2.24, 2.45) is 0 Å². The Morgan fingerprint density at radius 1 is 1.35 bits per heavy atom. The first kappa shape index (κ1) is 11.4. The van der Waals surface area contributed by atoms with Crippen molar-refractivity contribution in [2.75, 3.05) is 5.73 Å². The molecule has 0 fully saturated rings. The molecule has 0 spiro atoms. The minimum Gasteiger partial charge on any atom is -0.437 e. The van der Waals surface area contributed by atoms with Gasteiger partial charge in [0, 0.05) is 6.54 Å². The molecule has 1 heterocycles. The zero-order chi connectivity index (χ0) is 12.4. The smallest absolute Gasteiger partial charge is 0.241 e. The second kappa shape index (κ2) is 4.45. The number of hydrogen-bond donors (Lipinski definition) is 1. The number of hydrogen-bond acceptors (Lipinski definition) is 3. The van der Waals surface area contributed by atoms with Gasteiger partial charge in [-0.3, -0.25) is 0 Å². The van der Waals surface area contributed by atoms with E-state index in [1.54, 1.807) is 16.8 Å². The van der Waals surface area contributed by atoms with Crippen LogP contribution in [0.15, 0.2) is 24.3 Å². The minimum absolute atomic E-state index is 0.300. The van der Waals surface area contributed by atoms with E-state index in [-0.39, 0.29) is 5.82 Å². The number of rotatable bonds is 3. The number of nitrogens with zero attached hydrogens (tertiary/aromatic N) is 2. The number of ether oxygens (including phenoxy) is 1. The molecular weight excluding hydrogens is 221 g/mol. The maximum atomic E-state index is 12.8. The molecule has 0 saturated heterocycles. The highest BCUT2D eigenvalue weighted by molar-refractivity contribution is 5.53. The highest BCUT2D eigenvalue weighted by Gasteiger charge is 2.13. The molecular formula is C12H14FN3O. The van der Waals surface area contributed by atoms with Crippen LogP contribution in [0.4, 0.5) is 10.1 Å². The number of halogens is 1. The van der Waals surface area contributed by atoms with Gasteiger partial charge in [-0.15, -0.1) is 0 Å². The third-order valence-corrected chi connectivity index (χ3v) is 2.45. The summed E-state index contributed by atoms with van der Waals surface area (Å²) < 4.78 is 20.0. The van der Waals surface area contributed by atoms with Crippen molar-refractivity contribution in [2.45, 2.75) is 20.4 Å². The van der Waals surface area contributed by atoms with Crippen molar-refractivity contribution in [3.63, 3.8) is 0 Å². The van der Waals surface area contributed by atoms with Crippen molar-refractivity contribution < 1.29 is 9.13 Å². The molecule has 2 rings (SSSR count). The highest BCUT2D eigenvalue weighted by atomic mass is 19.1. The van der Waals surface area contributed by atoms with Crippen LogP contribution in [0, 0.1) is 12.7 Å². The van der Waals surface area contributed by atoms with Crippen molar-refractivity contribution >= 4 is 5.69 Å². The molecule has 0 bridgehead atoms. The Kier molecular flexibility index (Phi) is 2.99. The van der Waals surface area contributed by atoms with Gasteiger partial charge < -0.3 is 10.5 Å². The van der Waals surface area contributed by atoms with Crippen LogP contribution in [-0.2, 0) is 6.54 Å². The van der Waals surface area contributed by atoms with Gasteiger partial charge in [0.15, 0.2) is 0 Å². The number of benzene rings is 1. The summed E-state index contributed by atoms with van der Waals surface area (Å²) >= 11 is 0. The summed E-state index contributed by atoms with van der Waals surface area (Å²) in [4.78, 5) is 0. The van der Waals surface area contributed by atoms with Crippen LogP contribution in [-0.4, -0.2) is 9.78 Å². The monoisotopic (exact) mass is 235 g/mol. The van der Waals surface area contributed by atoms with Gasteiger partial charge in [0.25, 0.3) is 0 Å². The fourth-order valence-corrected chi connectivity index (χ4v) is 1.51. The van der Waals surface area contributed by atoms with Crippen LogP contribution >= 0.6 is 0 Å². The topological polar surface area (TPSA) is 53.1 Å². The molecule has 1 aromatic carbocycles. The molecule has 1 aromatic heterocycles. The zero-order valence-corrected chi connectivity index (χ0v) is 9.77.